The molecule has 4 N–H and O–H groups in total. The van der Waals surface area contributed by atoms with E-state index in [1.54, 1.807) is 0 Å². The minimum atomic E-state index is 0.888. The summed E-state index contributed by atoms with van der Waals surface area (Å²) in [5, 5.41) is 2.57. The maximum atomic E-state index is 6.11. The summed E-state index contributed by atoms with van der Waals surface area (Å²) < 4.78 is 0. The summed E-state index contributed by atoms with van der Waals surface area (Å²) in [6, 6.07) is 8.38. The molecule has 18 heavy (non-hydrogen) atoms. The Labute approximate surface area is 106 Å². The van der Waals surface area contributed by atoms with E-state index in [9.17, 15) is 0 Å². The second-order valence-corrected chi connectivity index (χ2v) is 5.02. The van der Waals surface area contributed by atoms with Crippen LogP contribution in [0.5, 0.6) is 0 Å². The van der Waals surface area contributed by atoms with Gasteiger partial charge in [0.1, 0.15) is 0 Å². The van der Waals surface area contributed by atoms with Crippen LogP contribution in [0.1, 0.15) is 23.1 Å². The number of nitrogen functional groups attached to an aromatic ring is 1. The van der Waals surface area contributed by atoms with Gasteiger partial charge in [0.05, 0.1) is 0 Å². The van der Waals surface area contributed by atoms with Gasteiger partial charge < -0.3 is 11.5 Å². The Morgan fingerprint density at radius 1 is 0.889 bits per heavy atom. The zero-order chi connectivity index (χ0) is 12.3. The van der Waals surface area contributed by atoms with Crippen molar-refractivity contribution in [1.82, 2.24) is 0 Å². The van der Waals surface area contributed by atoms with Crippen LogP contribution in [-0.4, -0.2) is 0 Å². The van der Waals surface area contributed by atoms with Crippen molar-refractivity contribution in [2.75, 3.05) is 5.73 Å². The predicted octanol–water partition coefficient (Wildman–Crippen LogP) is 3.06. The summed E-state index contributed by atoms with van der Waals surface area (Å²) in [5.74, 6) is 0. The van der Waals surface area contributed by atoms with E-state index in [-0.39, 0.29) is 0 Å². The van der Waals surface area contributed by atoms with Crippen LogP contribution in [0.4, 0.5) is 5.69 Å². The van der Waals surface area contributed by atoms with Gasteiger partial charge in [0.2, 0.25) is 0 Å². The Morgan fingerprint density at radius 2 is 1.72 bits per heavy atom. The van der Waals surface area contributed by atoms with E-state index in [1.807, 2.05) is 6.07 Å². The highest BCUT2D eigenvalue weighted by molar-refractivity contribution is 6.05. The van der Waals surface area contributed by atoms with Gasteiger partial charge in [0.15, 0.2) is 0 Å². The zero-order valence-electron chi connectivity index (χ0n) is 10.0. The average Bonchev–Trinajstić information content (AvgIpc) is 2.40. The number of nitrogens with two attached hydrogens (primary N) is 2. The van der Waals surface area contributed by atoms with Gasteiger partial charge in [-0.05, 0) is 46.4 Å². The number of allylic oxidation sites excluding steroid dienone is 3. The van der Waals surface area contributed by atoms with Gasteiger partial charge in [-0.25, -0.2) is 0 Å². The summed E-state index contributed by atoms with van der Waals surface area (Å²) in [6.45, 7) is 0. The minimum Gasteiger partial charge on any atom is -0.398 e. The van der Waals surface area contributed by atoms with E-state index in [0.717, 1.165) is 29.8 Å². The highest BCUT2D eigenvalue weighted by atomic mass is 14.6. The fourth-order valence-electron chi connectivity index (χ4n) is 3.14. The van der Waals surface area contributed by atoms with Crippen LogP contribution in [0.15, 0.2) is 36.4 Å². The highest BCUT2D eigenvalue weighted by Gasteiger charge is 2.22. The lowest BCUT2D eigenvalue weighted by Crippen LogP contribution is -2.10. The average molecular weight is 234 g/mol. The van der Waals surface area contributed by atoms with Crippen LogP contribution in [0.2, 0.25) is 0 Å². The molecule has 0 fully saturated rings. The summed E-state index contributed by atoms with van der Waals surface area (Å²) in [6.07, 6.45) is 6.27. The van der Waals surface area contributed by atoms with Gasteiger partial charge in [-0.2, -0.15) is 0 Å². The molecule has 0 unspecified atom stereocenters. The van der Waals surface area contributed by atoms with E-state index in [1.165, 1.54) is 27.5 Å². The lowest BCUT2D eigenvalue weighted by Gasteiger charge is -2.25. The van der Waals surface area contributed by atoms with Gasteiger partial charge in [-0.15, -0.1) is 0 Å². The molecule has 0 bridgehead atoms. The Kier molecular flexibility index (Phi) is 1.72. The van der Waals surface area contributed by atoms with E-state index in [0.29, 0.717) is 0 Å². The van der Waals surface area contributed by atoms with E-state index in [2.05, 4.69) is 30.4 Å². The third-order valence-corrected chi connectivity index (χ3v) is 4.06. The SMILES string of the molecule is NC1=CCC2=CCc3c(N)ccc4ccc1c2c34. The van der Waals surface area contributed by atoms with Crippen molar-refractivity contribution < 1.29 is 0 Å². The molecule has 2 aliphatic carbocycles. The van der Waals surface area contributed by atoms with Crippen molar-refractivity contribution in [1.29, 1.82) is 0 Å². The van der Waals surface area contributed by atoms with Crippen LogP contribution in [0.3, 0.4) is 0 Å². The normalized spacial score (nSPS) is 16.4. The molecular formula is C16H14N2. The standard InChI is InChI=1S/C16H14N2/c17-13-8-4-10-2-6-12-14(18)7-3-9-1-5-11(13)16(10)15(9)12/h1-3,5,7-8H,4,6,17-18H2. The van der Waals surface area contributed by atoms with Gasteiger partial charge in [-0.1, -0.05) is 30.4 Å². The van der Waals surface area contributed by atoms with Crippen LogP contribution >= 0.6 is 0 Å². The van der Waals surface area contributed by atoms with Crippen LogP contribution in [0, 0.1) is 0 Å². The molecule has 0 radical (unpaired) electrons. The number of anilines is 1. The predicted molar refractivity (Wildman–Crippen MR) is 76.8 cm³/mol. The molecule has 4 rings (SSSR count). The summed E-state index contributed by atoms with van der Waals surface area (Å²) in [7, 11) is 0. The summed E-state index contributed by atoms with van der Waals surface area (Å²) >= 11 is 0. The zero-order valence-corrected chi connectivity index (χ0v) is 10.0. The molecule has 0 aromatic heterocycles. The van der Waals surface area contributed by atoms with Crippen LogP contribution in [0.25, 0.3) is 22.0 Å². The highest BCUT2D eigenvalue weighted by Crippen LogP contribution is 2.42. The second kappa shape index (κ2) is 3.16. The molecule has 2 aromatic carbocycles. The molecular weight excluding hydrogens is 220 g/mol. The number of hydrogen-bond acceptors (Lipinski definition) is 2. The molecule has 2 aliphatic rings. The van der Waals surface area contributed by atoms with Crippen molar-refractivity contribution in [2.45, 2.75) is 12.8 Å². The van der Waals surface area contributed by atoms with Gasteiger partial charge in [0.25, 0.3) is 0 Å². The van der Waals surface area contributed by atoms with Crippen molar-refractivity contribution in [3.63, 3.8) is 0 Å². The lowest BCUT2D eigenvalue weighted by atomic mass is 9.80. The Balaban J connectivity index is 2.25. The van der Waals surface area contributed by atoms with Crippen molar-refractivity contribution in [3.05, 3.63) is 53.1 Å². The monoisotopic (exact) mass is 234 g/mol. The second-order valence-electron chi connectivity index (χ2n) is 5.02. The first-order chi connectivity index (χ1) is 8.75. The van der Waals surface area contributed by atoms with E-state index in [4.69, 9.17) is 11.5 Å². The molecule has 0 saturated carbocycles. The Bertz CT molecular complexity index is 751. The molecule has 2 nitrogen and oxygen atoms in total. The Morgan fingerprint density at radius 3 is 2.61 bits per heavy atom. The van der Waals surface area contributed by atoms with Crippen LogP contribution < -0.4 is 11.5 Å². The van der Waals surface area contributed by atoms with E-state index >= 15 is 0 Å². The first kappa shape index (κ1) is 9.77. The third kappa shape index (κ3) is 1.07. The largest absolute Gasteiger partial charge is 0.398 e. The van der Waals surface area contributed by atoms with Crippen molar-refractivity contribution in [3.8, 4) is 0 Å². The Hall–Kier alpha value is -2.22. The van der Waals surface area contributed by atoms with Gasteiger partial charge in [0, 0.05) is 16.9 Å². The first-order valence-electron chi connectivity index (χ1n) is 6.25. The first-order valence-corrected chi connectivity index (χ1v) is 6.25. The maximum Gasteiger partial charge on any atom is 0.0356 e. The third-order valence-electron chi connectivity index (χ3n) is 4.06. The molecule has 0 atom stereocenters. The van der Waals surface area contributed by atoms with Gasteiger partial charge in [-0.3, -0.25) is 0 Å². The lowest BCUT2D eigenvalue weighted by molar-refractivity contribution is 1.22. The van der Waals surface area contributed by atoms with Crippen molar-refractivity contribution in [2.24, 2.45) is 5.73 Å². The number of hydrogen-bond donors (Lipinski definition) is 2. The molecule has 0 aliphatic heterocycles. The molecule has 0 heterocycles. The molecule has 0 spiro atoms. The van der Waals surface area contributed by atoms with Gasteiger partial charge >= 0.3 is 0 Å². The van der Waals surface area contributed by atoms with E-state index < -0.39 is 0 Å². The number of rotatable bonds is 0. The number of benzene rings is 2. The topological polar surface area (TPSA) is 52.0 Å². The van der Waals surface area contributed by atoms with Crippen LogP contribution in [-0.2, 0) is 6.42 Å². The molecule has 2 aromatic rings. The fourth-order valence-corrected chi connectivity index (χ4v) is 3.14. The molecule has 88 valence electrons. The fraction of sp³-hybridized carbons (Fsp3) is 0.125. The maximum absolute atomic E-state index is 6.11. The minimum absolute atomic E-state index is 0.888. The molecule has 0 saturated heterocycles. The quantitative estimate of drug-likeness (QED) is 0.688. The molecule has 0 amide bonds. The summed E-state index contributed by atoms with van der Waals surface area (Å²) in [5.41, 5.74) is 19.1. The molecule has 2 heteroatoms. The summed E-state index contributed by atoms with van der Waals surface area (Å²) in [4.78, 5) is 0. The van der Waals surface area contributed by atoms with Crippen molar-refractivity contribution >= 4 is 27.7 Å². The smallest absolute Gasteiger partial charge is 0.0356 e.